The highest BCUT2D eigenvalue weighted by molar-refractivity contribution is 7.99. The molecule has 0 bridgehead atoms. The number of nitriles is 1. The van der Waals surface area contributed by atoms with E-state index in [1.54, 1.807) is 11.8 Å². The van der Waals surface area contributed by atoms with E-state index in [2.05, 4.69) is 39.0 Å². The summed E-state index contributed by atoms with van der Waals surface area (Å²) in [6, 6.07) is 6.47. The van der Waals surface area contributed by atoms with Crippen LogP contribution in [-0.4, -0.2) is 5.75 Å². The summed E-state index contributed by atoms with van der Waals surface area (Å²) in [6.45, 7) is 6.29. The molecule has 0 spiro atoms. The second-order valence-electron chi connectivity index (χ2n) is 3.17. The van der Waals surface area contributed by atoms with Crippen LogP contribution in [0.5, 0.6) is 0 Å². The molecular formula is C11H13NS. The Hall–Kier alpha value is -0.940. The highest BCUT2D eigenvalue weighted by Gasteiger charge is 2.03. The molecule has 2 heteroatoms. The van der Waals surface area contributed by atoms with Crippen LogP contribution in [0, 0.1) is 32.1 Å². The standard InChI is InChI=1S/C11H13NS/c1-8-6-9(2)11(10(3)7-8)13-5-4-12/h6-7H,5H2,1-3H3. The van der Waals surface area contributed by atoms with Crippen molar-refractivity contribution in [1.29, 1.82) is 5.26 Å². The van der Waals surface area contributed by atoms with Crippen LogP contribution >= 0.6 is 11.8 Å². The van der Waals surface area contributed by atoms with Crippen LogP contribution in [0.4, 0.5) is 0 Å². The second kappa shape index (κ2) is 4.34. The van der Waals surface area contributed by atoms with E-state index in [0.717, 1.165) is 0 Å². The van der Waals surface area contributed by atoms with Gasteiger partial charge in [0.2, 0.25) is 0 Å². The summed E-state index contributed by atoms with van der Waals surface area (Å²) < 4.78 is 0. The molecule has 0 unspecified atom stereocenters. The quantitative estimate of drug-likeness (QED) is 0.670. The third kappa shape index (κ3) is 2.50. The van der Waals surface area contributed by atoms with E-state index in [4.69, 9.17) is 5.26 Å². The Labute approximate surface area is 83.8 Å². The van der Waals surface area contributed by atoms with Crippen molar-refractivity contribution in [3.8, 4) is 6.07 Å². The van der Waals surface area contributed by atoms with Gasteiger partial charge in [-0.2, -0.15) is 5.26 Å². The Balaban J connectivity index is 3.00. The van der Waals surface area contributed by atoms with Crippen molar-refractivity contribution in [2.75, 3.05) is 5.75 Å². The Morgan fingerprint density at radius 2 is 1.77 bits per heavy atom. The van der Waals surface area contributed by atoms with Crippen molar-refractivity contribution in [3.63, 3.8) is 0 Å². The summed E-state index contributed by atoms with van der Waals surface area (Å²) in [7, 11) is 0. The van der Waals surface area contributed by atoms with E-state index in [1.807, 2.05) is 0 Å². The van der Waals surface area contributed by atoms with Crippen molar-refractivity contribution in [1.82, 2.24) is 0 Å². The first-order valence-corrected chi connectivity index (χ1v) is 5.21. The van der Waals surface area contributed by atoms with Crippen molar-refractivity contribution in [2.24, 2.45) is 0 Å². The number of aryl methyl sites for hydroxylation is 3. The number of rotatable bonds is 2. The van der Waals surface area contributed by atoms with Gasteiger partial charge in [-0.15, -0.1) is 11.8 Å². The molecular weight excluding hydrogens is 178 g/mol. The fourth-order valence-electron chi connectivity index (χ4n) is 1.50. The predicted molar refractivity (Wildman–Crippen MR) is 57.0 cm³/mol. The number of benzene rings is 1. The van der Waals surface area contributed by atoms with E-state index < -0.39 is 0 Å². The third-order valence-electron chi connectivity index (χ3n) is 1.89. The van der Waals surface area contributed by atoms with Gasteiger partial charge in [0, 0.05) is 4.90 Å². The molecule has 1 nitrogen and oxygen atoms in total. The lowest BCUT2D eigenvalue weighted by Gasteiger charge is -2.08. The average Bonchev–Trinajstić information content (AvgIpc) is 2.02. The van der Waals surface area contributed by atoms with Crippen LogP contribution < -0.4 is 0 Å². The maximum Gasteiger partial charge on any atom is 0.0855 e. The van der Waals surface area contributed by atoms with Crippen molar-refractivity contribution in [2.45, 2.75) is 25.7 Å². The number of hydrogen-bond donors (Lipinski definition) is 0. The molecule has 0 N–H and O–H groups in total. The molecule has 1 rings (SSSR count). The van der Waals surface area contributed by atoms with Crippen molar-refractivity contribution >= 4 is 11.8 Å². The topological polar surface area (TPSA) is 23.8 Å². The zero-order valence-electron chi connectivity index (χ0n) is 8.22. The number of nitrogens with zero attached hydrogens (tertiary/aromatic N) is 1. The first-order chi connectivity index (χ1) is 6.15. The summed E-state index contributed by atoms with van der Waals surface area (Å²) in [5.74, 6) is 0.532. The maximum atomic E-state index is 8.49. The molecule has 0 aliphatic rings. The second-order valence-corrected chi connectivity index (χ2v) is 4.16. The van der Waals surface area contributed by atoms with E-state index in [1.165, 1.54) is 21.6 Å². The van der Waals surface area contributed by atoms with E-state index in [0.29, 0.717) is 5.75 Å². The third-order valence-corrected chi connectivity index (χ3v) is 3.09. The normalized spacial score (nSPS) is 9.69. The van der Waals surface area contributed by atoms with Gasteiger partial charge in [-0.25, -0.2) is 0 Å². The average molecular weight is 191 g/mol. The van der Waals surface area contributed by atoms with Crippen molar-refractivity contribution < 1.29 is 0 Å². The monoisotopic (exact) mass is 191 g/mol. The zero-order valence-corrected chi connectivity index (χ0v) is 9.03. The highest BCUT2D eigenvalue weighted by atomic mass is 32.2. The SMILES string of the molecule is Cc1cc(C)c(SCC#N)c(C)c1. The van der Waals surface area contributed by atoms with Gasteiger partial charge < -0.3 is 0 Å². The molecule has 0 aromatic heterocycles. The Morgan fingerprint density at radius 1 is 1.23 bits per heavy atom. The molecule has 1 aromatic carbocycles. The summed E-state index contributed by atoms with van der Waals surface area (Å²) >= 11 is 1.62. The van der Waals surface area contributed by atoms with Gasteiger partial charge in [0.15, 0.2) is 0 Å². The highest BCUT2D eigenvalue weighted by Crippen LogP contribution is 2.26. The van der Waals surface area contributed by atoms with Gasteiger partial charge in [-0.1, -0.05) is 17.7 Å². The Kier molecular flexibility index (Phi) is 3.39. The molecule has 0 atom stereocenters. The molecule has 0 radical (unpaired) electrons. The molecule has 0 saturated carbocycles. The maximum absolute atomic E-state index is 8.49. The van der Waals surface area contributed by atoms with Crippen LogP contribution in [0.2, 0.25) is 0 Å². The molecule has 1 aromatic rings. The zero-order chi connectivity index (χ0) is 9.84. The fourth-order valence-corrected chi connectivity index (χ4v) is 2.28. The van der Waals surface area contributed by atoms with Gasteiger partial charge in [-0.05, 0) is 31.9 Å². The van der Waals surface area contributed by atoms with Crippen LogP contribution in [0.25, 0.3) is 0 Å². The van der Waals surface area contributed by atoms with Gasteiger partial charge in [-0.3, -0.25) is 0 Å². The molecule has 0 aliphatic heterocycles. The lowest BCUT2D eigenvalue weighted by atomic mass is 10.1. The molecule has 0 aliphatic carbocycles. The first-order valence-electron chi connectivity index (χ1n) is 4.22. The van der Waals surface area contributed by atoms with E-state index in [-0.39, 0.29) is 0 Å². The fraction of sp³-hybridized carbons (Fsp3) is 0.364. The van der Waals surface area contributed by atoms with Gasteiger partial charge >= 0.3 is 0 Å². The smallest absolute Gasteiger partial charge is 0.0855 e. The van der Waals surface area contributed by atoms with Crippen molar-refractivity contribution in [3.05, 3.63) is 28.8 Å². The van der Waals surface area contributed by atoms with Gasteiger partial charge in [0.1, 0.15) is 0 Å². The minimum absolute atomic E-state index is 0.532. The van der Waals surface area contributed by atoms with E-state index in [9.17, 15) is 0 Å². The summed E-state index contributed by atoms with van der Waals surface area (Å²) in [6.07, 6.45) is 0. The van der Waals surface area contributed by atoms with Crippen LogP contribution in [-0.2, 0) is 0 Å². The minimum atomic E-state index is 0.532. The molecule has 0 amide bonds. The largest absolute Gasteiger partial charge is 0.197 e. The first kappa shape index (κ1) is 10.1. The van der Waals surface area contributed by atoms with E-state index >= 15 is 0 Å². The number of hydrogen-bond acceptors (Lipinski definition) is 2. The molecule has 13 heavy (non-hydrogen) atoms. The molecule has 68 valence electrons. The Bertz CT molecular complexity index is 327. The van der Waals surface area contributed by atoms with Crippen LogP contribution in [0.3, 0.4) is 0 Å². The molecule has 0 saturated heterocycles. The number of thioether (sulfide) groups is 1. The van der Waals surface area contributed by atoms with Crippen LogP contribution in [0.15, 0.2) is 17.0 Å². The lowest BCUT2D eigenvalue weighted by Crippen LogP contribution is -1.88. The minimum Gasteiger partial charge on any atom is -0.197 e. The summed E-state index contributed by atoms with van der Waals surface area (Å²) in [5.41, 5.74) is 3.84. The predicted octanol–water partition coefficient (Wildman–Crippen LogP) is 3.23. The van der Waals surface area contributed by atoms with Gasteiger partial charge in [0.25, 0.3) is 0 Å². The molecule has 0 heterocycles. The Morgan fingerprint density at radius 3 is 2.23 bits per heavy atom. The summed E-state index contributed by atoms with van der Waals surface area (Å²) in [4.78, 5) is 1.26. The summed E-state index contributed by atoms with van der Waals surface area (Å²) in [5, 5.41) is 8.49. The lowest BCUT2D eigenvalue weighted by molar-refractivity contribution is 1.19. The van der Waals surface area contributed by atoms with Crippen LogP contribution in [0.1, 0.15) is 16.7 Å². The van der Waals surface area contributed by atoms with Gasteiger partial charge in [0.05, 0.1) is 11.8 Å². The molecule has 0 fully saturated rings.